The Morgan fingerprint density at radius 1 is 1.11 bits per heavy atom. The summed E-state index contributed by atoms with van der Waals surface area (Å²) >= 11 is 0. The molecule has 0 aliphatic heterocycles. The van der Waals surface area contributed by atoms with Crippen LogP contribution in [-0.4, -0.2) is 5.78 Å². The second-order valence-electron chi connectivity index (χ2n) is 4.58. The lowest BCUT2D eigenvalue weighted by Gasteiger charge is -2.09. The number of hydrogen-bond donors (Lipinski definition) is 0. The van der Waals surface area contributed by atoms with Crippen LogP contribution in [0.2, 0.25) is 0 Å². The number of rotatable bonds is 4. The van der Waals surface area contributed by atoms with Gasteiger partial charge in [-0.25, -0.2) is 0 Å². The third kappa shape index (κ3) is 3.29. The third-order valence-electron chi connectivity index (χ3n) is 3.04. The van der Waals surface area contributed by atoms with E-state index in [-0.39, 0.29) is 18.1 Å². The molecule has 0 saturated carbocycles. The van der Waals surface area contributed by atoms with Crippen LogP contribution in [0.5, 0.6) is 0 Å². The first-order valence-corrected chi connectivity index (χ1v) is 6.25. The zero-order chi connectivity index (χ0) is 13.7. The van der Waals surface area contributed by atoms with E-state index in [1.54, 1.807) is 0 Å². The van der Waals surface area contributed by atoms with E-state index in [9.17, 15) is 10.1 Å². The van der Waals surface area contributed by atoms with Crippen molar-refractivity contribution in [2.24, 2.45) is 0 Å². The quantitative estimate of drug-likeness (QED) is 0.823. The van der Waals surface area contributed by atoms with Crippen molar-refractivity contribution in [3.8, 4) is 17.2 Å². The Balaban J connectivity index is 2.34. The monoisotopic (exact) mass is 249 g/mol. The van der Waals surface area contributed by atoms with E-state index >= 15 is 0 Å². The van der Waals surface area contributed by atoms with Crippen LogP contribution in [0.3, 0.4) is 0 Å². The van der Waals surface area contributed by atoms with E-state index in [4.69, 9.17) is 0 Å². The Labute approximate surface area is 113 Å². The van der Waals surface area contributed by atoms with Gasteiger partial charge in [-0.3, -0.25) is 4.79 Å². The van der Waals surface area contributed by atoms with Crippen molar-refractivity contribution in [3.05, 3.63) is 60.2 Å². The summed E-state index contributed by atoms with van der Waals surface area (Å²) in [5, 5.41) is 9.19. The maximum absolute atomic E-state index is 11.2. The van der Waals surface area contributed by atoms with E-state index in [2.05, 4.69) is 6.07 Å². The molecule has 0 bridgehead atoms. The van der Waals surface area contributed by atoms with Gasteiger partial charge in [0.2, 0.25) is 0 Å². The first-order chi connectivity index (χ1) is 9.20. The predicted molar refractivity (Wildman–Crippen MR) is 75.5 cm³/mol. The van der Waals surface area contributed by atoms with E-state index < -0.39 is 0 Å². The average Bonchev–Trinajstić information content (AvgIpc) is 2.45. The maximum atomic E-state index is 11.2. The molecule has 0 aromatic heterocycles. The van der Waals surface area contributed by atoms with Gasteiger partial charge in [0.05, 0.1) is 12.0 Å². The molecule has 0 N–H and O–H groups in total. The molecule has 0 saturated heterocycles. The molecule has 0 spiro atoms. The molecular formula is C17H15NO. The maximum Gasteiger partial charge on any atom is 0.131 e. The molecule has 19 heavy (non-hydrogen) atoms. The van der Waals surface area contributed by atoms with Crippen LogP contribution in [0.25, 0.3) is 11.1 Å². The van der Waals surface area contributed by atoms with Crippen molar-refractivity contribution >= 4 is 5.78 Å². The first kappa shape index (κ1) is 13.0. The average molecular weight is 249 g/mol. The van der Waals surface area contributed by atoms with Crippen LogP contribution in [0.4, 0.5) is 0 Å². The molecular weight excluding hydrogens is 234 g/mol. The van der Waals surface area contributed by atoms with Gasteiger partial charge in [0.1, 0.15) is 5.78 Å². The largest absolute Gasteiger partial charge is 0.300 e. The fraction of sp³-hybridized carbons (Fsp3) is 0.176. The zero-order valence-corrected chi connectivity index (χ0v) is 10.8. The summed E-state index contributed by atoms with van der Waals surface area (Å²) in [5.41, 5.74) is 3.09. The van der Waals surface area contributed by atoms with Gasteiger partial charge in [-0.2, -0.15) is 5.26 Å². The van der Waals surface area contributed by atoms with Crippen molar-refractivity contribution < 1.29 is 4.79 Å². The van der Waals surface area contributed by atoms with Gasteiger partial charge in [-0.1, -0.05) is 48.5 Å². The Morgan fingerprint density at radius 3 is 2.42 bits per heavy atom. The summed E-state index contributed by atoms with van der Waals surface area (Å²) < 4.78 is 0. The van der Waals surface area contributed by atoms with Gasteiger partial charge >= 0.3 is 0 Å². The van der Waals surface area contributed by atoms with Crippen molar-refractivity contribution in [1.29, 1.82) is 5.26 Å². The highest BCUT2D eigenvalue weighted by Gasteiger charge is 2.13. The molecule has 0 radical (unpaired) electrons. The van der Waals surface area contributed by atoms with Crippen molar-refractivity contribution in [2.75, 3.05) is 0 Å². The molecule has 2 heteroatoms. The second kappa shape index (κ2) is 5.97. The second-order valence-corrected chi connectivity index (χ2v) is 4.58. The molecule has 0 aliphatic rings. The highest BCUT2D eigenvalue weighted by Crippen LogP contribution is 2.25. The predicted octanol–water partition coefficient (Wildman–Crippen LogP) is 3.94. The van der Waals surface area contributed by atoms with Crippen molar-refractivity contribution in [1.82, 2.24) is 0 Å². The lowest BCUT2D eigenvalue weighted by atomic mass is 9.92. The van der Waals surface area contributed by atoms with Gasteiger partial charge in [0.25, 0.3) is 0 Å². The molecule has 2 aromatic rings. The number of carbonyl (C=O) groups is 1. The molecule has 2 aromatic carbocycles. The van der Waals surface area contributed by atoms with Gasteiger partial charge < -0.3 is 0 Å². The summed E-state index contributed by atoms with van der Waals surface area (Å²) in [5.74, 6) is -0.321. The van der Waals surface area contributed by atoms with Gasteiger partial charge in [-0.05, 0) is 29.7 Å². The van der Waals surface area contributed by atoms with Crippen LogP contribution in [0.15, 0.2) is 54.6 Å². The highest BCUT2D eigenvalue weighted by atomic mass is 16.1. The van der Waals surface area contributed by atoms with Gasteiger partial charge in [-0.15, -0.1) is 0 Å². The normalized spacial score (nSPS) is 11.6. The summed E-state index contributed by atoms with van der Waals surface area (Å²) in [4.78, 5) is 11.2. The number of hydrogen-bond acceptors (Lipinski definition) is 2. The van der Waals surface area contributed by atoms with Crippen LogP contribution in [0.1, 0.15) is 24.8 Å². The molecule has 0 fully saturated rings. The summed E-state index contributed by atoms with van der Waals surface area (Å²) in [6, 6.07) is 20.1. The Kier molecular flexibility index (Phi) is 4.10. The Bertz CT molecular complexity index is 611. The number of nitrogens with zero attached hydrogens (tertiary/aromatic N) is 1. The SMILES string of the molecule is CC(=O)CC(C#N)c1cccc(-c2ccccc2)c1. The molecule has 0 heterocycles. The fourth-order valence-electron chi connectivity index (χ4n) is 2.09. The molecule has 94 valence electrons. The van der Waals surface area contributed by atoms with Crippen molar-refractivity contribution in [2.45, 2.75) is 19.3 Å². The summed E-state index contributed by atoms with van der Waals surface area (Å²) in [6.07, 6.45) is 0.273. The fourth-order valence-corrected chi connectivity index (χ4v) is 2.09. The lowest BCUT2D eigenvalue weighted by Crippen LogP contribution is -2.02. The molecule has 1 unspecified atom stereocenters. The van der Waals surface area contributed by atoms with Crippen LogP contribution in [0, 0.1) is 11.3 Å². The minimum atomic E-state index is -0.360. The lowest BCUT2D eigenvalue weighted by molar-refractivity contribution is -0.117. The minimum absolute atomic E-state index is 0.0386. The summed E-state index contributed by atoms with van der Waals surface area (Å²) in [7, 11) is 0. The van der Waals surface area contributed by atoms with E-state index in [0.29, 0.717) is 0 Å². The van der Waals surface area contributed by atoms with Crippen LogP contribution in [-0.2, 0) is 4.79 Å². The standard InChI is InChI=1S/C17H15NO/c1-13(19)10-17(12-18)16-9-5-8-15(11-16)14-6-3-2-4-7-14/h2-9,11,17H,10H2,1H3. The number of benzene rings is 2. The highest BCUT2D eigenvalue weighted by molar-refractivity contribution is 5.77. The molecule has 2 rings (SSSR count). The van der Waals surface area contributed by atoms with Crippen LogP contribution >= 0.6 is 0 Å². The van der Waals surface area contributed by atoms with Crippen LogP contribution < -0.4 is 0 Å². The molecule has 1 atom stereocenters. The Hall–Kier alpha value is -2.40. The minimum Gasteiger partial charge on any atom is -0.300 e. The topological polar surface area (TPSA) is 40.9 Å². The Morgan fingerprint density at radius 2 is 1.79 bits per heavy atom. The van der Waals surface area contributed by atoms with Crippen molar-refractivity contribution in [3.63, 3.8) is 0 Å². The third-order valence-corrected chi connectivity index (χ3v) is 3.04. The van der Waals surface area contributed by atoms with Gasteiger partial charge in [0.15, 0.2) is 0 Å². The van der Waals surface area contributed by atoms with Gasteiger partial charge in [0, 0.05) is 6.42 Å². The zero-order valence-electron chi connectivity index (χ0n) is 10.8. The van der Waals surface area contributed by atoms with E-state index in [1.807, 2.05) is 54.6 Å². The number of carbonyl (C=O) groups excluding carboxylic acids is 1. The first-order valence-electron chi connectivity index (χ1n) is 6.25. The molecule has 0 aliphatic carbocycles. The molecule has 0 amide bonds. The number of nitriles is 1. The number of Topliss-reactive ketones (excluding diaryl/α,β-unsaturated/α-hetero) is 1. The van der Waals surface area contributed by atoms with E-state index in [1.165, 1.54) is 6.92 Å². The smallest absolute Gasteiger partial charge is 0.131 e. The molecule has 2 nitrogen and oxygen atoms in total. The van der Waals surface area contributed by atoms with E-state index in [0.717, 1.165) is 16.7 Å². The summed E-state index contributed by atoms with van der Waals surface area (Å²) in [6.45, 7) is 1.52. The number of ketones is 1.